The fourth-order valence-corrected chi connectivity index (χ4v) is 4.58. The van der Waals surface area contributed by atoms with Crippen LogP contribution in [0.3, 0.4) is 0 Å². The largest absolute Gasteiger partial charge is 0.360 e. The maximum Gasteiger partial charge on any atom is 0.150 e. The van der Waals surface area contributed by atoms with E-state index in [0.717, 1.165) is 43.7 Å². The van der Waals surface area contributed by atoms with E-state index in [2.05, 4.69) is 63.2 Å². The SMILES string of the molecule is Cc1cc(CN2CCN([C@H]3CCN(Cc4ccccc4)[C@@H](C)C3)CC2)on1. The quantitative estimate of drug-likeness (QED) is 0.810. The van der Waals surface area contributed by atoms with E-state index in [4.69, 9.17) is 4.52 Å². The van der Waals surface area contributed by atoms with Gasteiger partial charge in [0, 0.05) is 57.4 Å². The first-order chi connectivity index (χ1) is 13.2. The first kappa shape index (κ1) is 18.7. The zero-order chi connectivity index (χ0) is 18.6. The Labute approximate surface area is 162 Å². The van der Waals surface area contributed by atoms with Gasteiger partial charge < -0.3 is 4.52 Å². The molecule has 2 atom stereocenters. The smallest absolute Gasteiger partial charge is 0.150 e. The number of rotatable bonds is 5. The Kier molecular flexibility index (Phi) is 5.91. The Bertz CT molecular complexity index is 708. The van der Waals surface area contributed by atoms with Crippen molar-refractivity contribution in [1.82, 2.24) is 19.9 Å². The van der Waals surface area contributed by atoms with E-state index in [1.165, 1.54) is 38.0 Å². The highest BCUT2D eigenvalue weighted by molar-refractivity contribution is 5.14. The number of nitrogens with zero attached hydrogens (tertiary/aromatic N) is 4. The standard InChI is InChI=1S/C22H32N4O/c1-18-14-22(27-23-18)17-24-10-12-25(13-11-24)21-8-9-26(19(2)15-21)16-20-6-4-3-5-7-20/h3-7,14,19,21H,8-13,15-17H2,1-2H3/t19-,21-/m0/s1. The maximum absolute atomic E-state index is 5.37. The van der Waals surface area contributed by atoms with Crippen LogP contribution in [0.5, 0.6) is 0 Å². The molecule has 2 aromatic rings. The molecule has 27 heavy (non-hydrogen) atoms. The summed E-state index contributed by atoms with van der Waals surface area (Å²) in [5.41, 5.74) is 2.40. The topological polar surface area (TPSA) is 35.8 Å². The number of hydrogen-bond acceptors (Lipinski definition) is 5. The van der Waals surface area contributed by atoms with E-state index in [-0.39, 0.29) is 0 Å². The lowest BCUT2D eigenvalue weighted by molar-refractivity contribution is 0.0325. The predicted octanol–water partition coefficient (Wildman–Crippen LogP) is 3.15. The zero-order valence-electron chi connectivity index (χ0n) is 16.7. The maximum atomic E-state index is 5.37. The van der Waals surface area contributed by atoms with Gasteiger partial charge in [-0.15, -0.1) is 0 Å². The molecule has 146 valence electrons. The van der Waals surface area contributed by atoms with Crippen molar-refractivity contribution in [3.63, 3.8) is 0 Å². The normalized spacial score (nSPS) is 25.7. The van der Waals surface area contributed by atoms with Crippen LogP contribution in [-0.4, -0.2) is 64.7 Å². The monoisotopic (exact) mass is 368 g/mol. The van der Waals surface area contributed by atoms with Crippen LogP contribution in [0.15, 0.2) is 40.9 Å². The average Bonchev–Trinajstić information content (AvgIpc) is 3.09. The molecule has 0 bridgehead atoms. The second-order valence-corrected chi connectivity index (χ2v) is 8.23. The summed E-state index contributed by atoms with van der Waals surface area (Å²) in [5, 5.41) is 4.00. The van der Waals surface area contributed by atoms with Gasteiger partial charge in [-0.2, -0.15) is 0 Å². The van der Waals surface area contributed by atoms with Crippen LogP contribution in [0.1, 0.15) is 36.8 Å². The van der Waals surface area contributed by atoms with Crippen LogP contribution < -0.4 is 0 Å². The number of benzene rings is 1. The van der Waals surface area contributed by atoms with Crippen molar-refractivity contribution in [3.8, 4) is 0 Å². The summed E-state index contributed by atoms with van der Waals surface area (Å²) in [5.74, 6) is 0.990. The highest BCUT2D eigenvalue weighted by Gasteiger charge is 2.31. The molecule has 2 fully saturated rings. The van der Waals surface area contributed by atoms with E-state index < -0.39 is 0 Å². The van der Waals surface area contributed by atoms with E-state index >= 15 is 0 Å². The van der Waals surface area contributed by atoms with Gasteiger partial charge in [-0.05, 0) is 32.3 Å². The molecular weight excluding hydrogens is 336 g/mol. The van der Waals surface area contributed by atoms with Crippen molar-refractivity contribution >= 4 is 0 Å². The molecular formula is C22H32N4O. The van der Waals surface area contributed by atoms with Crippen molar-refractivity contribution < 1.29 is 4.52 Å². The Hall–Kier alpha value is -1.69. The van der Waals surface area contributed by atoms with Gasteiger partial charge in [0.25, 0.3) is 0 Å². The van der Waals surface area contributed by atoms with Gasteiger partial charge in [0.15, 0.2) is 5.76 Å². The lowest BCUT2D eigenvalue weighted by Crippen LogP contribution is -2.54. The number of piperazine rings is 1. The molecule has 0 saturated carbocycles. The minimum absolute atomic E-state index is 0.652. The number of aromatic nitrogens is 1. The molecule has 2 aliphatic heterocycles. The third kappa shape index (κ3) is 4.78. The molecule has 1 aromatic heterocycles. The Balaban J connectivity index is 1.24. The minimum Gasteiger partial charge on any atom is -0.360 e. The van der Waals surface area contributed by atoms with Crippen LogP contribution in [0.2, 0.25) is 0 Å². The molecule has 0 unspecified atom stereocenters. The zero-order valence-corrected chi connectivity index (χ0v) is 16.7. The van der Waals surface area contributed by atoms with Crippen molar-refractivity contribution in [1.29, 1.82) is 0 Å². The Morgan fingerprint density at radius 3 is 2.48 bits per heavy atom. The van der Waals surface area contributed by atoms with Gasteiger partial charge in [-0.25, -0.2) is 0 Å². The summed E-state index contributed by atoms with van der Waals surface area (Å²) < 4.78 is 5.37. The van der Waals surface area contributed by atoms with Crippen molar-refractivity contribution in [2.24, 2.45) is 0 Å². The molecule has 2 aliphatic rings. The molecule has 0 N–H and O–H groups in total. The number of hydrogen-bond donors (Lipinski definition) is 0. The van der Waals surface area contributed by atoms with Crippen molar-refractivity contribution in [2.75, 3.05) is 32.7 Å². The van der Waals surface area contributed by atoms with Crippen LogP contribution >= 0.6 is 0 Å². The highest BCUT2D eigenvalue weighted by atomic mass is 16.5. The van der Waals surface area contributed by atoms with Gasteiger partial charge in [-0.1, -0.05) is 35.5 Å². The van der Waals surface area contributed by atoms with Gasteiger partial charge in [0.2, 0.25) is 0 Å². The van der Waals surface area contributed by atoms with E-state index in [9.17, 15) is 0 Å². The molecule has 5 heteroatoms. The first-order valence-electron chi connectivity index (χ1n) is 10.3. The summed E-state index contributed by atoms with van der Waals surface area (Å²) >= 11 is 0. The summed E-state index contributed by atoms with van der Waals surface area (Å²) in [4.78, 5) is 7.86. The molecule has 3 heterocycles. The summed E-state index contributed by atoms with van der Waals surface area (Å²) in [6, 6.07) is 14.3. The van der Waals surface area contributed by atoms with E-state index in [0.29, 0.717) is 6.04 Å². The average molecular weight is 369 g/mol. The van der Waals surface area contributed by atoms with Gasteiger partial charge in [0.1, 0.15) is 0 Å². The van der Waals surface area contributed by atoms with Gasteiger partial charge in [-0.3, -0.25) is 14.7 Å². The van der Waals surface area contributed by atoms with E-state index in [1.807, 2.05) is 6.92 Å². The minimum atomic E-state index is 0.652. The molecule has 0 radical (unpaired) electrons. The molecule has 4 rings (SSSR count). The molecule has 1 aromatic carbocycles. The molecule has 0 aliphatic carbocycles. The Morgan fingerprint density at radius 1 is 1.04 bits per heavy atom. The third-order valence-electron chi connectivity index (χ3n) is 6.19. The summed E-state index contributed by atoms with van der Waals surface area (Å²) in [6.45, 7) is 12.1. The number of likely N-dealkylation sites (tertiary alicyclic amines) is 1. The predicted molar refractivity (Wildman–Crippen MR) is 107 cm³/mol. The van der Waals surface area contributed by atoms with Crippen LogP contribution in [0.4, 0.5) is 0 Å². The second kappa shape index (κ2) is 8.55. The summed E-state index contributed by atoms with van der Waals surface area (Å²) in [7, 11) is 0. The molecule has 0 spiro atoms. The van der Waals surface area contributed by atoms with Gasteiger partial charge >= 0.3 is 0 Å². The fourth-order valence-electron chi connectivity index (χ4n) is 4.58. The Morgan fingerprint density at radius 2 is 1.81 bits per heavy atom. The third-order valence-corrected chi connectivity index (χ3v) is 6.19. The lowest BCUT2D eigenvalue weighted by atomic mass is 9.95. The first-order valence-corrected chi connectivity index (χ1v) is 10.3. The lowest BCUT2D eigenvalue weighted by Gasteiger charge is -2.45. The molecule has 0 amide bonds. The number of piperidine rings is 1. The highest BCUT2D eigenvalue weighted by Crippen LogP contribution is 2.24. The number of aryl methyl sites for hydroxylation is 1. The van der Waals surface area contributed by atoms with Crippen molar-refractivity contribution in [2.45, 2.75) is 51.9 Å². The van der Waals surface area contributed by atoms with Crippen LogP contribution in [0.25, 0.3) is 0 Å². The second-order valence-electron chi connectivity index (χ2n) is 8.23. The fraction of sp³-hybridized carbons (Fsp3) is 0.591. The molecule has 2 saturated heterocycles. The van der Waals surface area contributed by atoms with Crippen LogP contribution in [0, 0.1) is 6.92 Å². The van der Waals surface area contributed by atoms with Crippen molar-refractivity contribution in [3.05, 3.63) is 53.4 Å². The molecule has 5 nitrogen and oxygen atoms in total. The van der Waals surface area contributed by atoms with E-state index in [1.54, 1.807) is 0 Å². The summed E-state index contributed by atoms with van der Waals surface area (Å²) in [6.07, 6.45) is 2.58. The van der Waals surface area contributed by atoms with Crippen LogP contribution in [-0.2, 0) is 13.1 Å². The van der Waals surface area contributed by atoms with Gasteiger partial charge in [0.05, 0.1) is 12.2 Å².